The molecule has 8 N–H and O–H groups in total. The van der Waals surface area contributed by atoms with Gasteiger partial charge in [0.1, 0.15) is 18.1 Å². The van der Waals surface area contributed by atoms with Crippen LogP contribution in [0, 0.1) is 0 Å². The van der Waals surface area contributed by atoms with Crippen molar-refractivity contribution in [2.75, 3.05) is 18.9 Å². The van der Waals surface area contributed by atoms with Crippen molar-refractivity contribution in [3.8, 4) is 0 Å². The summed E-state index contributed by atoms with van der Waals surface area (Å²) >= 11 is 3.77. The van der Waals surface area contributed by atoms with E-state index < -0.39 is 61.1 Å². The largest absolute Gasteiger partial charge is 0.480 e. The topological polar surface area (TPSA) is 191 Å². The molecule has 0 fully saturated rings. The normalized spacial score (nSPS) is 15.5. The number of hydrogen-bond acceptors (Lipinski definition) is 8. The van der Waals surface area contributed by atoms with Gasteiger partial charge in [-0.3, -0.25) is 14.4 Å². The van der Waals surface area contributed by atoms with Crippen LogP contribution in [0.15, 0.2) is 0 Å². The lowest BCUT2D eigenvalue weighted by atomic mass is 10.1. The van der Waals surface area contributed by atoms with Crippen LogP contribution in [0.4, 0.5) is 0 Å². The van der Waals surface area contributed by atoms with Gasteiger partial charge in [-0.1, -0.05) is 0 Å². The fourth-order valence-electron chi connectivity index (χ4n) is 1.46. The van der Waals surface area contributed by atoms with E-state index in [2.05, 4.69) is 28.6 Å². The first kappa shape index (κ1) is 22.1. The molecule has 11 nitrogen and oxygen atoms in total. The maximum Gasteiger partial charge on any atom is 0.327 e. The third kappa shape index (κ3) is 7.59. The van der Waals surface area contributed by atoms with E-state index in [9.17, 15) is 24.3 Å². The van der Waals surface area contributed by atoms with Crippen LogP contribution in [0.25, 0.3) is 0 Å². The highest BCUT2D eigenvalue weighted by Gasteiger charge is 2.28. The zero-order valence-electron chi connectivity index (χ0n) is 12.9. The average Bonchev–Trinajstić information content (AvgIpc) is 2.53. The number of carboxylic acid groups (broad SMARTS) is 1. The molecule has 3 amide bonds. The SMILES string of the molecule is CC(O)C(NC(=O)C(N)CO)C(=O)NCC(=O)NC(CS)C(=O)O. The lowest BCUT2D eigenvalue weighted by Gasteiger charge is -2.22. The number of aliphatic hydroxyl groups excluding tert-OH is 2. The van der Waals surface area contributed by atoms with Crippen molar-refractivity contribution in [2.45, 2.75) is 31.2 Å². The molecule has 0 heterocycles. The lowest BCUT2D eigenvalue weighted by molar-refractivity contribution is -0.141. The van der Waals surface area contributed by atoms with Crippen LogP contribution in [-0.2, 0) is 19.2 Å². The fourth-order valence-corrected chi connectivity index (χ4v) is 1.70. The summed E-state index contributed by atoms with van der Waals surface area (Å²) in [7, 11) is 0. The molecule has 0 aliphatic heterocycles. The van der Waals surface area contributed by atoms with Crippen LogP contribution >= 0.6 is 12.6 Å². The quantitative estimate of drug-likeness (QED) is 0.178. The van der Waals surface area contributed by atoms with E-state index in [-0.39, 0.29) is 5.75 Å². The lowest BCUT2D eigenvalue weighted by Crippen LogP contribution is -2.57. The van der Waals surface area contributed by atoms with Gasteiger partial charge in [-0.15, -0.1) is 0 Å². The molecule has 12 heteroatoms. The first-order valence-corrected chi connectivity index (χ1v) is 7.52. The molecular formula is C12H22N4O7S. The van der Waals surface area contributed by atoms with Gasteiger partial charge in [0.2, 0.25) is 17.7 Å². The molecule has 0 aliphatic carbocycles. The van der Waals surface area contributed by atoms with Crippen LogP contribution < -0.4 is 21.7 Å². The Morgan fingerprint density at radius 2 is 1.75 bits per heavy atom. The first-order valence-electron chi connectivity index (χ1n) is 6.89. The van der Waals surface area contributed by atoms with E-state index in [4.69, 9.17) is 15.9 Å². The van der Waals surface area contributed by atoms with Crippen molar-refractivity contribution in [2.24, 2.45) is 5.73 Å². The Bertz CT molecular complexity index is 474. The van der Waals surface area contributed by atoms with Gasteiger partial charge in [0.15, 0.2) is 0 Å². The van der Waals surface area contributed by atoms with Gasteiger partial charge in [0, 0.05) is 5.75 Å². The number of carbonyl (C=O) groups excluding carboxylic acids is 3. The first-order chi connectivity index (χ1) is 11.1. The molecule has 4 atom stereocenters. The molecular weight excluding hydrogens is 344 g/mol. The van der Waals surface area contributed by atoms with Crippen LogP contribution in [0.3, 0.4) is 0 Å². The predicted octanol–water partition coefficient (Wildman–Crippen LogP) is -4.21. The molecule has 0 saturated heterocycles. The number of thiol groups is 1. The molecule has 0 rings (SSSR count). The fraction of sp³-hybridized carbons (Fsp3) is 0.667. The Balaban J connectivity index is 4.60. The summed E-state index contributed by atoms with van der Waals surface area (Å²) in [5.41, 5.74) is 5.28. The van der Waals surface area contributed by atoms with Crippen molar-refractivity contribution in [3.05, 3.63) is 0 Å². The van der Waals surface area contributed by atoms with Crippen molar-refractivity contribution in [1.29, 1.82) is 0 Å². The van der Waals surface area contributed by atoms with Crippen LogP contribution in [0.2, 0.25) is 0 Å². The van der Waals surface area contributed by atoms with E-state index >= 15 is 0 Å². The van der Waals surface area contributed by atoms with Crippen LogP contribution in [-0.4, -0.2) is 82.1 Å². The molecule has 0 radical (unpaired) electrons. The maximum atomic E-state index is 11.9. The number of aliphatic hydroxyl groups is 2. The number of carboxylic acids is 1. The molecule has 138 valence electrons. The molecule has 0 aromatic carbocycles. The zero-order chi connectivity index (χ0) is 18.9. The predicted molar refractivity (Wildman–Crippen MR) is 85.1 cm³/mol. The molecule has 4 unspecified atom stereocenters. The smallest absolute Gasteiger partial charge is 0.327 e. The molecule has 0 aromatic heterocycles. The molecule has 0 saturated carbocycles. The van der Waals surface area contributed by atoms with Crippen molar-refractivity contribution in [1.82, 2.24) is 16.0 Å². The number of aliphatic carboxylic acids is 1. The molecule has 0 aliphatic rings. The summed E-state index contributed by atoms with van der Waals surface area (Å²) in [6, 6.07) is -3.88. The van der Waals surface area contributed by atoms with Gasteiger partial charge in [-0.25, -0.2) is 4.79 Å². The summed E-state index contributed by atoms with van der Waals surface area (Å²) in [5, 5.41) is 33.5. The Labute approximate surface area is 143 Å². The third-order valence-corrected chi connectivity index (χ3v) is 3.20. The van der Waals surface area contributed by atoms with Crippen molar-refractivity contribution < 1.29 is 34.5 Å². The Morgan fingerprint density at radius 3 is 2.17 bits per heavy atom. The molecule has 0 aromatic rings. The highest BCUT2D eigenvalue weighted by Crippen LogP contribution is 1.95. The van der Waals surface area contributed by atoms with Gasteiger partial charge < -0.3 is 37.0 Å². The van der Waals surface area contributed by atoms with Crippen molar-refractivity contribution >= 4 is 36.3 Å². The second kappa shape index (κ2) is 10.8. The number of rotatable bonds is 10. The Morgan fingerprint density at radius 1 is 1.17 bits per heavy atom. The summed E-state index contributed by atoms with van der Waals surface area (Å²) in [6.45, 7) is 0.0145. The summed E-state index contributed by atoms with van der Waals surface area (Å²) in [6.07, 6.45) is -1.30. The minimum absolute atomic E-state index is 0.138. The second-order valence-corrected chi connectivity index (χ2v) is 5.24. The summed E-state index contributed by atoms with van der Waals surface area (Å²) in [4.78, 5) is 45.8. The monoisotopic (exact) mass is 366 g/mol. The molecule has 0 spiro atoms. The maximum absolute atomic E-state index is 11.9. The standard InChI is InChI=1S/C12H22N4O7S/c1-5(18)9(16-10(20)6(13)3-17)11(21)14-2-8(19)15-7(4-24)12(22)23/h5-7,9,17-18,24H,2-4,13H2,1H3,(H,14,21)(H,15,19)(H,16,20)(H,22,23). The van der Waals surface area contributed by atoms with E-state index in [1.165, 1.54) is 6.92 Å². The Hall–Kier alpha value is -1.89. The highest BCUT2D eigenvalue weighted by atomic mass is 32.1. The van der Waals surface area contributed by atoms with E-state index in [1.54, 1.807) is 0 Å². The summed E-state index contributed by atoms with van der Waals surface area (Å²) < 4.78 is 0. The number of hydrogen-bond donors (Lipinski definition) is 8. The van der Waals surface area contributed by atoms with Crippen LogP contribution in [0.1, 0.15) is 6.92 Å². The van der Waals surface area contributed by atoms with Gasteiger partial charge in [-0.2, -0.15) is 12.6 Å². The number of nitrogens with two attached hydrogens (primary N) is 1. The highest BCUT2D eigenvalue weighted by molar-refractivity contribution is 7.80. The number of amides is 3. The van der Waals surface area contributed by atoms with E-state index in [0.717, 1.165) is 0 Å². The van der Waals surface area contributed by atoms with Gasteiger partial charge in [0.25, 0.3) is 0 Å². The van der Waals surface area contributed by atoms with Crippen molar-refractivity contribution in [3.63, 3.8) is 0 Å². The van der Waals surface area contributed by atoms with E-state index in [1.807, 2.05) is 0 Å². The van der Waals surface area contributed by atoms with Gasteiger partial charge in [-0.05, 0) is 6.92 Å². The number of nitrogens with one attached hydrogen (secondary N) is 3. The Kier molecular flexibility index (Phi) is 9.95. The minimum atomic E-state index is -1.40. The number of carbonyl (C=O) groups is 4. The summed E-state index contributed by atoms with van der Waals surface area (Å²) in [5.74, 6) is -3.94. The van der Waals surface area contributed by atoms with Gasteiger partial charge >= 0.3 is 5.97 Å². The van der Waals surface area contributed by atoms with Gasteiger partial charge in [0.05, 0.1) is 19.3 Å². The molecule has 0 bridgehead atoms. The minimum Gasteiger partial charge on any atom is -0.480 e. The average molecular weight is 366 g/mol. The third-order valence-electron chi connectivity index (χ3n) is 2.84. The molecule has 24 heavy (non-hydrogen) atoms. The van der Waals surface area contributed by atoms with Crippen LogP contribution in [0.5, 0.6) is 0 Å². The zero-order valence-corrected chi connectivity index (χ0v) is 13.8. The second-order valence-electron chi connectivity index (χ2n) is 4.87. The van der Waals surface area contributed by atoms with E-state index in [0.29, 0.717) is 0 Å².